The molecule has 1 heterocycles. The first-order valence-corrected chi connectivity index (χ1v) is 19.4. The Morgan fingerprint density at radius 3 is 1.38 bits per heavy atom. The van der Waals surface area contributed by atoms with Crippen molar-refractivity contribution in [3.05, 3.63) is 247 Å². The lowest BCUT2D eigenvalue weighted by Crippen LogP contribution is -2.29. The van der Waals surface area contributed by atoms with Crippen LogP contribution in [-0.4, -0.2) is 4.57 Å². The van der Waals surface area contributed by atoms with Crippen LogP contribution in [-0.2, 0) is 5.41 Å². The van der Waals surface area contributed by atoms with Crippen molar-refractivity contribution >= 4 is 21.8 Å². The maximum Gasteiger partial charge on any atom is 0.0734 e. The third-order valence-corrected chi connectivity index (χ3v) is 11.8. The highest BCUT2D eigenvalue weighted by molar-refractivity contribution is 6.14. The monoisotopic (exact) mass is 711 g/mol. The van der Waals surface area contributed by atoms with Gasteiger partial charge in [-0.1, -0.05) is 200 Å². The SMILES string of the molecule is c1ccc(-c2cc(-c3ccccc3)cc(-n3c4cc(-c5ccccc5)ccc4c4ccc5c(c43)C(c3ccccc3)(c3ccccc3)c3ccccc3-5)c2)cc1. The third-order valence-electron chi connectivity index (χ3n) is 11.8. The maximum atomic E-state index is 2.58. The maximum absolute atomic E-state index is 2.58. The number of aromatic nitrogens is 1. The Morgan fingerprint density at radius 2 is 0.804 bits per heavy atom. The van der Waals surface area contributed by atoms with Gasteiger partial charge in [0.15, 0.2) is 0 Å². The molecule has 10 aromatic rings. The normalized spacial score (nSPS) is 12.8. The van der Waals surface area contributed by atoms with E-state index in [-0.39, 0.29) is 0 Å². The van der Waals surface area contributed by atoms with Crippen LogP contribution < -0.4 is 0 Å². The summed E-state index contributed by atoms with van der Waals surface area (Å²) >= 11 is 0. The second kappa shape index (κ2) is 13.0. The lowest BCUT2D eigenvalue weighted by atomic mass is 9.67. The Morgan fingerprint density at radius 1 is 0.321 bits per heavy atom. The molecular formula is C55H37N. The fourth-order valence-corrected chi connectivity index (χ4v) is 9.45. The molecule has 0 unspecified atom stereocenters. The van der Waals surface area contributed by atoms with E-state index in [0.29, 0.717) is 0 Å². The van der Waals surface area contributed by atoms with Gasteiger partial charge in [0.1, 0.15) is 0 Å². The summed E-state index contributed by atoms with van der Waals surface area (Å²) in [5.74, 6) is 0. The van der Waals surface area contributed by atoms with Crippen LogP contribution in [0.25, 0.3) is 72.0 Å². The second-order valence-electron chi connectivity index (χ2n) is 14.8. The quantitative estimate of drug-likeness (QED) is 0.162. The zero-order valence-electron chi connectivity index (χ0n) is 30.8. The van der Waals surface area contributed by atoms with Crippen LogP contribution in [0.4, 0.5) is 0 Å². The molecule has 1 nitrogen and oxygen atoms in total. The van der Waals surface area contributed by atoms with Crippen molar-refractivity contribution in [2.75, 3.05) is 0 Å². The van der Waals surface area contributed by atoms with Crippen molar-refractivity contribution in [3.63, 3.8) is 0 Å². The van der Waals surface area contributed by atoms with Gasteiger partial charge in [-0.05, 0) is 85.5 Å². The summed E-state index contributed by atoms with van der Waals surface area (Å²) in [6, 6.07) is 82.7. The molecule has 1 aromatic heterocycles. The molecular weight excluding hydrogens is 675 g/mol. The van der Waals surface area contributed by atoms with Gasteiger partial charge >= 0.3 is 0 Å². The van der Waals surface area contributed by atoms with E-state index in [1.54, 1.807) is 0 Å². The zero-order chi connectivity index (χ0) is 37.1. The Labute approximate surface area is 327 Å². The Kier molecular flexibility index (Phi) is 7.47. The van der Waals surface area contributed by atoms with Crippen LogP contribution in [0.5, 0.6) is 0 Å². The van der Waals surface area contributed by atoms with E-state index in [1.165, 1.54) is 88.6 Å². The van der Waals surface area contributed by atoms with Gasteiger partial charge in [0.2, 0.25) is 0 Å². The van der Waals surface area contributed by atoms with E-state index in [2.05, 4.69) is 229 Å². The van der Waals surface area contributed by atoms with Gasteiger partial charge in [0.05, 0.1) is 16.4 Å². The zero-order valence-corrected chi connectivity index (χ0v) is 30.8. The highest BCUT2D eigenvalue weighted by Gasteiger charge is 2.48. The van der Waals surface area contributed by atoms with E-state index in [9.17, 15) is 0 Å². The first-order valence-electron chi connectivity index (χ1n) is 19.4. The van der Waals surface area contributed by atoms with Gasteiger partial charge in [-0.3, -0.25) is 0 Å². The molecule has 1 aliphatic carbocycles. The van der Waals surface area contributed by atoms with Crippen molar-refractivity contribution in [2.45, 2.75) is 5.41 Å². The molecule has 0 saturated heterocycles. The van der Waals surface area contributed by atoms with Gasteiger partial charge in [0, 0.05) is 22.0 Å². The number of hydrogen-bond donors (Lipinski definition) is 0. The van der Waals surface area contributed by atoms with Gasteiger partial charge in [0.25, 0.3) is 0 Å². The molecule has 0 amide bonds. The molecule has 11 rings (SSSR count). The average Bonchev–Trinajstić information content (AvgIpc) is 3.78. The van der Waals surface area contributed by atoms with Crippen molar-refractivity contribution in [1.82, 2.24) is 4.57 Å². The smallest absolute Gasteiger partial charge is 0.0734 e. The predicted octanol–water partition coefficient (Wildman–Crippen LogP) is 14.1. The second-order valence-corrected chi connectivity index (χ2v) is 14.8. The molecule has 0 fully saturated rings. The summed E-state index contributed by atoms with van der Waals surface area (Å²) in [6.07, 6.45) is 0. The first-order chi connectivity index (χ1) is 27.8. The summed E-state index contributed by atoms with van der Waals surface area (Å²) in [7, 11) is 0. The number of nitrogens with zero attached hydrogens (tertiary/aromatic N) is 1. The van der Waals surface area contributed by atoms with Gasteiger partial charge < -0.3 is 4.57 Å². The van der Waals surface area contributed by atoms with Crippen molar-refractivity contribution in [2.24, 2.45) is 0 Å². The van der Waals surface area contributed by atoms with E-state index in [1.807, 2.05) is 0 Å². The summed E-state index contributed by atoms with van der Waals surface area (Å²) in [4.78, 5) is 0. The molecule has 56 heavy (non-hydrogen) atoms. The van der Waals surface area contributed by atoms with Crippen LogP contribution in [0.3, 0.4) is 0 Å². The summed E-state index contributed by atoms with van der Waals surface area (Å²) in [6.45, 7) is 0. The molecule has 9 aromatic carbocycles. The molecule has 0 spiro atoms. The third kappa shape index (κ3) is 4.88. The fraction of sp³-hybridized carbons (Fsp3) is 0.0182. The van der Waals surface area contributed by atoms with E-state index in [4.69, 9.17) is 0 Å². The van der Waals surface area contributed by atoms with Crippen molar-refractivity contribution in [1.29, 1.82) is 0 Å². The van der Waals surface area contributed by atoms with E-state index < -0.39 is 5.41 Å². The Balaban J connectivity index is 1.34. The van der Waals surface area contributed by atoms with E-state index >= 15 is 0 Å². The molecule has 1 aliphatic rings. The topological polar surface area (TPSA) is 4.93 Å². The molecule has 262 valence electrons. The minimum absolute atomic E-state index is 0.568. The summed E-state index contributed by atoms with van der Waals surface area (Å²) < 4.78 is 2.58. The number of hydrogen-bond acceptors (Lipinski definition) is 0. The summed E-state index contributed by atoms with van der Waals surface area (Å²) in [5, 5.41) is 2.48. The minimum atomic E-state index is -0.568. The van der Waals surface area contributed by atoms with Crippen LogP contribution >= 0.6 is 0 Å². The number of fused-ring (bicyclic) bond motifs is 7. The largest absolute Gasteiger partial charge is 0.309 e. The molecule has 0 atom stereocenters. The van der Waals surface area contributed by atoms with Crippen molar-refractivity contribution in [3.8, 4) is 50.2 Å². The van der Waals surface area contributed by atoms with Gasteiger partial charge in [-0.2, -0.15) is 0 Å². The molecule has 0 saturated carbocycles. The standard InChI is InChI=1S/C55H37N/c1-6-18-38(19-7-1)41-30-31-48-50-33-32-49-47-28-16-17-29-51(47)55(44-24-12-4-13-25-44,45-26-14-5-15-27-45)53(49)54(50)56(52(48)37-41)46-35-42(39-20-8-2-9-21-39)34-43(36-46)40-22-10-3-11-23-40/h1-37H. The molecule has 0 bridgehead atoms. The lowest BCUT2D eigenvalue weighted by Gasteiger charge is -2.34. The highest BCUT2D eigenvalue weighted by atomic mass is 15.0. The average molecular weight is 712 g/mol. The van der Waals surface area contributed by atoms with Gasteiger partial charge in [-0.25, -0.2) is 0 Å². The minimum Gasteiger partial charge on any atom is -0.309 e. The highest BCUT2D eigenvalue weighted by Crippen LogP contribution is 2.59. The van der Waals surface area contributed by atoms with Crippen molar-refractivity contribution < 1.29 is 0 Å². The number of rotatable bonds is 6. The molecule has 1 heteroatoms. The Hall–Kier alpha value is -7.22. The van der Waals surface area contributed by atoms with E-state index in [0.717, 1.165) is 5.69 Å². The lowest BCUT2D eigenvalue weighted by molar-refractivity contribution is 0.772. The Bertz CT molecular complexity index is 2940. The molecule has 0 radical (unpaired) electrons. The molecule has 0 N–H and O–H groups in total. The number of benzene rings is 9. The molecule has 0 aliphatic heterocycles. The summed E-state index contributed by atoms with van der Waals surface area (Å²) in [5.41, 5.74) is 17.8. The van der Waals surface area contributed by atoms with Crippen LogP contribution in [0.15, 0.2) is 224 Å². The van der Waals surface area contributed by atoms with Crippen LogP contribution in [0.2, 0.25) is 0 Å². The predicted molar refractivity (Wildman–Crippen MR) is 234 cm³/mol. The fourth-order valence-electron chi connectivity index (χ4n) is 9.45. The van der Waals surface area contributed by atoms with Crippen LogP contribution in [0, 0.1) is 0 Å². The van der Waals surface area contributed by atoms with Gasteiger partial charge in [-0.15, -0.1) is 0 Å². The van der Waals surface area contributed by atoms with Crippen LogP contribution in [0.1, 0.15) is 22.3 Å². The first kappa shape index (κ1) is 32.2.